The van der Waals surface area contributed by atoms with E-state index in [4.69, 9.17) is 5.73 Å². The molecule has 0 bridgehead atoms. The maximum absolute atomic E-state index is 5.51. The van der Waals surface area contributed by atoms with E-state index in [1.54, 1.807) is 6.20 Å². The summed E-state index contributed by atoms with van der Waals surface area (Å²) in [5.41, 5.74) is 5.51. The number of halogens is 1. The average Bonchev–Trinajstić information content (AvgIpc) is 2.14. The molecule has 4 heteroatoms. The van der Waals surface area contributed by atoms with Gasteiger partial charge in [-0.15, -0.1) is 0 Å². The van der Waals surface area contributed by atoms with Gasteiger partial charge in [-0.3, -0.25) is 0 Å². The maximum Gasteiger partial charge on any atom is 0.123 e. The largest absolute Gasteiger partial charge is 0.335 e. The van der Waals surface area contributed by atoms with Gasteiger partial charge >= 0.3 is 0 Å². The lowest BCUT2D eigenvalue weighted by Gasteiger charge is -1.96. The molecule has 1 rings (SSSR count). The SMILES string of the molecule is CC(N)c1ncc(Br)[nH]1. The average molecular weight is 190 g/mol. The van der Waals surface area contributed by atoms with E-state index in [0.29, 0.717) is 0 Å². The number of nitrogens with two attached hydrogens (primary N) is 1. The molecule has 0 fully saturated rings. The highest BCUT2D eigenvalue weighted by atomic mass is 79.9. The van der Waals surface area contributed by atoms with E-state index >= 15 is 0 Å². The van der Waals surface area contributed by atoms with Gasteiger partial charge in [0.1, 0.15) is 10.4 Å². The molecule has 0 aromatic carbocycles. The number of H-pyrrole nitrogens is 1. The van der Waals surface area contributed by atoms with Crippen LogP contribution in [-0.2, 0) is 0 Å². The molecule has 0 amide bonds. The highest BCUT2D eigenvalue weighted by Crippen LogP contribution is 2.08. The smallest absolute Gasteiger partial charge is 0.123 e. The molecule has 0 spiro atoms. The van der Waals surface area contributed by atoms with Crippen LogP contribution < -0.4 is 5.73 Å². The Labute approximate surface area is 61.8 Å². The summed E-state index contributed by atoms with van der Waals surface area (Å²) in [6.07, 6.45) is 1.69. The lowest BCUT2D eigenvalue weighted by molar-refractivity contribution is 0.754. The Kier molecular flexibility index (Phi) is 1.87. The van der Waals surface area contributed by atoms with Crippen LogP contribution in [0.25, 0.3) is 0 Å². The van der Waals surface area contributed by atoms with E-state index in [2.05, 4.69) is 25.9 Å². The Morgan fingerprint density at radius 2 is 2.56 bits per heavy atom. The molecule has 0 aliphatic carbocycles. The molecule has 0 saturated heterocycles. The van der Waals surface area contributed by atoms with Crippen LogP contribution in [0.3, 0.4) is 0 Å². The number of hydrogen-bond donors (Lipinski definition) is 2. The molecule has 0 radical (unpaired) electrons. The summed E-state index contributed by atoms with van der Waals surface area (Å²) in [6, 6.07) is -0.0173. The van der Waals surface area contributed by atoms with E-state index in [-0.39, 0.29) is 6.04 Å². The van der Waals surface area contributed by atoms with Crippen molar-refractivity contribution in [3.63, 3.8) is 0 Å². The zero-order valence-corrected chi connectivity index (χ0v) is 6.64. The molecule has 1 unspecified atom stereocenters. The van der Waals surface area contributed by atoms with Crippen LogP contribution in [0.15, 0.2) is 10.8 Å². The van der Waals surface area contributed by atoms with Crippen molar-refractivity contribution in [3.05, 3.63) is 16.6 Å². The standard InChI is InChI=1S/C5H8BrN3/c1-3(7)5-8-2-4(6)9-5/h2-3H,7H2,1H3,(H,8,9). The fourth-order valence-electron chi connectivity index (χ4n) is 0.545. The van der Waals surface area contributed by atoms with Crippen LogP contribution in [0.1, 0.15) is 18.8 Å². The molecular formula is C5H8BrN3. The fraction of sp³-hybridized carbons (Fsp3) is 0.400. The summed E-state index contributed by atoms with van der Waals surface area (Å²) in [5.74, 6) is 0.807. The molecule has 3 N–H and O–H groups in total. The summed E-state index contributed by atoms with van der Waals surface area (Å²) < 4.78 is 0.870. The molecule has 9 heavy (non-hydrogen) atoms. The number of imidazole rings is 1. The number of nitrogens with zero attached hydrogens (tertiary/aromatic N) is 1. The first-order valence-corrected chi connectivity index (χ1v) is 3.45. The van der Waals surface area contributed by atoms with Crippen molar-refractivity contribution < 1.29 is 0 Å². The Bertz CT molecular complexity index is 194. The van der Waals surface area contributed by atoms with Crippen molar-refractivity contribution >= 4 is 15.9 Å². The van der Waals surface area contributed by atoms with Crippen molar-refractivity contribution in [1.29, 1.82) is 0 Å². The van der Waals surface area contributed by atoms with Crippen molar-refractivity contribution in [2.24, 2.45) is 5.73 Å². The van der Waals surface area contributed by atoms with Gasteiger partial charge in [0.15, 0.2) is 0 Å². The first kappa shape index (κ1) is 6.77. The van der Waals surface area contributed by atoms with Gasteiger partial charge < -0.3 is 10.7 Å². The van der Waals surface area contributed by atoms with Crippen molar-refractivity contribution in [1.82, 2.24) is 9.97 Å². The lowest BCUT2D eigenvalue weighted by Crippen LogP contribution is -2.06. The zero-order chi connectivity index (χ0) is 6.85. The predicted molar refractivity (Wildman–Crippen MR) is 38.9 cm³/mol. The summed E-state index contributed by atoms with van der Waals surface area (Å²) >= 11 is 3.23. The third-order valence-electron chi connectivity index (χ3n) is 0.996. The van der Waals surface area contributed by atoms with Crippen molar-refractivity contribution in [2.45, 2.75) is 13.0 Å². The van der Waals surface area contributed by atoms with Crippen LogP contribution >= 0.6 is 15.9 Å². The minimum atomic E-state index is -0.0173. The van der Waals surface area contributed by atoms with Gasteiger partial charge in [-0.05, 0) is 22.9 Å². The molecule has 3 nitrogen and oxygen atoms in total. The van der Waals surface area contributed by atoms with E-state index in [0.717, 1.165) is 10.4 Å². The molecule has 0 aliphatic heterocycles. The molecule has 0 saturated carbocycles. The first-order chi connectivity index (χ1) is 4.20. The van der Waals surface area contributed by atoms with E-state index in [1.807, 2.05) is 6.92 Å². The topological polar surface area (TPSA) is 54.7 Å². The third kappa shape index (κ3) is 1.53. The second kappa shape index (κ2) is 2.49. The lowest BCUT2D eigenvalue weighted by atomic mass is 10.3. The van der Waals surface area contributed by atoms with E-state index in [1.165, 1.54) is 0 Å². The van der Waals surface area contributed by atoms with E-state index in [9.17, 15) is 0 Å². The van der Waals surface area contributed by atoms with Crippen LogP contribution in [0.4, 0.5) is 0 Å². The molecule has 1 atom stereocenters. The second-order valence-corrected chi connectivity index (χ2v) is 2.76. The second-order valence-electron chi connectivity index (χ2n) is 1.91. The Hall–Kier alpha value is -0.350. The van der Waals surface area contributed by atoms with Crippen molar-refractivity contribution in [3.8, 4) is 0 Å². The zero-order valence-electron chi connectivity index (χ0n) is 5.06. The van der Waals surface area contributed by atoms with Gasteiger partial charge in [0.05, 0.1) is 12.2 Å². The van der Waals surface area contributed by atoms with Gasteiger partial charge in [0.25, 0.3) is 0 Å². The monoisotopic (exact) mass is 189 g/mol. The van der Waals surface area contributed by atoms with Gasteiger partial charge in [0, 0.05) is 0 Å². The molecule has 1 heterocycles. The van der Waals surface area contributed by atoms with Crippen LogP contribution in [-0.4, -0.2) is 9.97 Å². The molecule has 1 aromatic heterocycles. The number of hydrogen-bond acceptors (Lipinski definition) is 2. The Balaban J connectivity index is 2.85. The minimum Gasteiger partial charge on any atom is -0.335 e. The van der Waals surface area contributed by atoms with Crippen LogP contribution in [0.5, 0.6) is 0 Å². The number of nitrogens with one attached hydrogen (secondary N) is 1. The van der Waals surface area contributed by atoms with Gasteiger partial charge in [-0.1, -0.05) is 0 Å². The molecule has 0 aliphatic rings. The quantitative estimate of drug-likeness (QED) is 0.698. The predicted octanol–water partition coefficient (Wildman–Crippen LogP) is 1.19. The van der Waals surface area contributed by atoms with Crippen LogP contribution in [0, 0.1) is 0 Å². The Morgan fingerprint density at radius 1 is 1.89 bits per heavy atom. The van der Waals surface area contributed by atoms with Gasteiger partial charge in [-0.2, -0.15) is 0 Å². The number of aromatic nitrogens is 2. The molecule has 50 valence electrons. The van der Waals surface area contributed by atoms with Gasteiger partial charge in [-0.25, -0.2) is 4.98 Å². The maximum atomic E-state index is 5.51. The van der Waals surface area contributed by atoms with Crippen LogP contribution in [0.2, 0.25) is 0 Å². The Morgan fingerprint density at radius 3 is 2.78 bits per heavy atom. The normalized spacial score (nSPS) is 13.7. The summed E-state index contributed by atoms with van der Waals surface area (Å²) in [6.45, 7) is 1.88. The fourth-order valence-corrected chi connectivity index (χ4v) is 0.850. The van der Waals surface area contributed by atoms with E-state index < -0.39 is 0 Å². The molecule has 1 aromatic rings. The highest BCUT2D eigenvalue weighted by Gasteiger charge is 2.01. The van der Waals surface area contributed by atoms with Gasteiger partial charge in [0.2, 0.25) is 0 Å². The minimum absolute atomic E-state index is 0.0173. The highest BCUT2D eigenvalue weighted by molar-refractivity contribution is 9.10. The molecular weight excluding hydrogens is 182 g/mol. The first-order valence-electron chi connectivity index (χ1n) is 2.66. The number of rotatable bonds is 1. The van der Waals surface area contributed by atoms with Crippen molar-refractivity contribution in [2.75, 3.05) is 0 Å². The third-order valence-corrected chi connectivity index (χ3v) is 1.40. The summed E-state index contributed by atoms with van der Waals surface area (Å²) in [5, 5.41) is 0. The summed E-state index contributed by atoms with van der Waals surface area (Å²) in [4.78, 5) is 6.94. The number of aromatic amines is 1. The summed E-state index contributed by atoms with van der Waals surface area (Å²) in [7, 11) is 0.